The van der Waals surface area contributed by atoms with Crippen LogP contribution in [0.4, 0.5) is 10.1 Å². The van der Waals surface area contributed by atoms with Gasteiger partial charge >= 0.3 is 0 Å². The summed E-state index contributed by atoms with van der Waals surface area (Å²) in [6.45, 7) is 2.30. The van der Waals surface area contributed by atoms with Crippen LogP contribution in [-0.4, -0.2) is 17.4 Å². The van der Waals surface area contributed by atoms with Crippen molar-refractivity contribution in [3.63, 3.8) is 0 Å². The highest BCUT2D eigenvalue weighted by Crippen LogP contribution is 2.12. The first-order chi connectivity index (χ1) is 7.13. The smallest absolute Gasteiger partial charge is 0.224 e. The summed E-state index contributed by atoms with van der Waals surface area (Å²) in [6.07, 6.45) is 2.77. The van der Waals surface area contributed by atoms with Crippen LogP contribution in [0.3, 0.4) is 0 Å². The summed E-state index contributed by atoms with van der Waals surface area (Å²) in [7, 11) is 0. The molecular formula is C10H14FN3O. The number of hydrogen-bond acceptors (Lipinski definition) is 3. The molecule has 0 aromatic carbocycles. The Morgan fingerprint density at radius 1 is 1.73 bits per heavy atom. The quantitative estimate of drug-likeness (QED) is 0.784. The summed E-state index contributed by atoms with van der Waals surface area (Å²) in [5, 5.41) is 2.47. The van der Waals surface area contributed by atoms with Gasteiger partial charge in [-0.3, -0.25) is 9.78 Å². The Balaban J connectivity index is 2.55. The molecule has 1 aromatic heterocycles. The maximum atomic E-state index is 13.1. The van der Waals surface area contributed by atoms with Crippen molar-refractivity contribution < 1.29 is 9.18 Å². The number of carbonyl (C=O) groups is 1. The predicted molar refractivity (Wildman–Crippen MR) is 55.7 cm³/mol. The van der Waals surface area contributed by atoms with Gasteiger partial charge in [0.05, 0.1) is 11.9 Å². The second kappa shape index (κ2) is 5.41. The second-order valence-electron chi connectivity index (χ2n) is 3.45. The number of pyridine rings is 1. The Labute approximate surface area is 87.7 Å². The third-order valence-electron chi connectivity index (χ3n) is 1.98. The van der Waals surface area contributed by atoms with E-state index in [1.54, 1.807) is 0 Å². The van der Waals surface area contributed by atoms with Crippen molar-refractivity contribution in [1.29, 1.82) is 0 Å². The number of aromatic nitrogens is 1. The lowest BCUT2D eigenvalue weighted by atomic mass is 10.1. The highest BCUT2D eigenvalue weighted by Gasteiger charge is 2.09. The first-order valence-electron chi connectivity index (χ1n) is 4.73. The Hall–Kier alpha value is -1.49. The van der Waals surface area contributed by atoms with Crippen molar-refractivity contribution in [2.45, 2.75) is 13.3 Å². The van der Waals surface area contributed by atoms with Crippen LogP contribution < -0.4 is 11.1 Å². The fourth-order valence-electron chi connectivity index (χ4n) is 1.08. The monoisotopic (exact) mass is 211 g/mol. The molecule has 0 saturated heterocycles. The number of anilines is 1. The van der Waals surface area contributed by atoms with Crippen LogP contribution in [0.1, 0.15) is 13.3 Å². The van der Waals surface area contributed by atoms with Crippen molar-refractivity contribution in [3.8, 4) is 0 Å². The van der Waals surface area contributed by atoms with Crippen molar-refractivity contribution in [1.82, 2.24) is 4.98 Å². The van der Waals surface area contributed by atoms with Crippen LogP contribution in [-0.2, 0) is 4.79 Å². The van der Waals surface area contributed by atoms with E-state index in [0.29, 0.717) is 6.54 Å². The molecule has 3 N–H and O–H groups in total. The average Bonchev–Trinajstić information content (AvgIpc) is 2.21. The Morgan fingerprint density at radius 3 is 3.07 bits per heavy atom. The topological polar surface area (TPSA) is 68.0 Å². The number of nitrogens with two attached hydrogens (primary N) is 1. The van der Waals surface area contributed by atoms with E-state index < -0.39 is 5.82 Å². The summed E-state index contributed by atoms with van der Waals surface area (Å²) in [5.41, 5.74) is 5.53. The molecule has 0 saturated carbocycles. The molecule has 1 heterocycles. The molecule has 0 fully saturated rings. The zero-order chi connectivity index (χ0) is 11.3. The summed E-state index contributed by atoms with van der Waals surface area (Å²) in [5.74, 6) is -0.681. The van der Waals surface area contributed by atoms with Gasteiger partial charge in [-0.15, -0.1) is 0 Å². The van der Waals surface area contributed by atoms with Crippen molar-refractivity contribution in [3.05, 3.63) is 24.3 Å². The van der Waals surface area contributed by atoms with E-state index in [-0.39, 0.29) is 23.9 Å². The molecule has 0 spiro atoms. The summed E-state index contributed by atoms with van der Waals surface area (Å²) in [4.78, 5) is 15.0. The molecule has 0 aliphatic carbocycles. The highest BCUT2D eigenvalue weighted by molar-refractivity contribution is 5.90. The van der Waals surface area contributed by atoms with E-state index >= 15 is 0 Å². The van der Waals surface area contributed by atoms with Gasteiger partial charge in [-0.1, -0.05) is 6.92 Å². The zero-order valence-electron chi connectivity index (χ0n) is 8.53. The van der Waals surface area contributed by atoms with Crippen LogP contribution in [0.25, 0.3) is 0 Å². The van der Waals surface area contributed by atoms with E-state index in [1.165, 1.54) is 12.3 Å². The minimum atomic E-state index is -0.536. The molecular weight excluding hydrogens is 197 g/mol. The lowest BCUT2D eigenvalue weighted by Crippen LogP contribution is -2.20. The molecule has 0 radical (unpaired) electrons. The molecule has 1 aromatic rings. The lowest BCUT2D eigenvalue weighted by molar-refractivity contribution is -0.116. The maximum absolute atomic E-state index is 13.1. The third-order valence-corrected chi connectivity index (χ3v) is 1.98. The average molecular weight is 211 g/mol. The van der Waals surface area contributed by atoms with Gasteiger partial charge in [-0.2, -0.15) is 0 Å². The largest absolute Gasteiger partial charge is 0.330 e. The molecule has 0 bridgehead atoms. The van der Waals surface area contributed by atoms with E-state index in [4.69, 9.17) is 5.73 Å². The van der Waals surface area contributed by atoms with Crippen LogP contribution >= 0.6 is 0 Å². The minimum absolute atomic E-state index is 0.0925. The van der Waals surface area contributed by atoms with Gasteiger partial charge < -0.3 is 11.1 Å². The SMILES string of the molecule is CC(CN)CC(=O)Nc1ccncc1F. The summed E-state index contributed by atoms with van der Waals surface area (Å²) < 4.78 is 13.1. The highest BCUT2D eigenvalue weighted by atomic mass is 19.1. The van der Waals surface area contributed by atoms with Crippen LogP contribution in [0, 0.1) is 11.7 Å². The van der Waals surface area contributed by atoms with Crippen LogP contribution in [0.2, 0.25) is 0 Å². The molecule has 5 heteroatoms. The Morgan fingerprint density at radius 2 is 2.47 bits per heavy atom. The van der Waals surface area contributed by atoms with Gasteiger partial charge in [-0.25, -0.2) is 4.39 Å². The van der Waals surface area contributed by atoms with E-state index in [1.807, 2.05) is 6.92 Å². The second-order valence-corrected chi connectivity index (χ2v) is 3.45. The van der Waals surface area contributed by atoms with Gasteiger partial charge in [0.2, 0.25) is 5.91 Å². The molecule has 1 unspecified atom stereocenters. The van der Waals surface area contributed by atoms with Gasteiger partial charge in [0.1, 0.15) is 0 Å². The molecule has 1 rings (SSSR count). The number of nitrogens with zero attached hydrogens (tertiary/aromatic N) is 1. The Kier molecular flexibility index (Phi) is 4.17. The molecule has 0 aliphatic rings. The standard InChI is InChI=1S/C10H14FN3O/c1-7(5-12)4-10(15)14-9-2-3-13-6-8(9)11/h2-3,6-7H,4-5,12H2,1H3,(H,13,14,15). The maximum Gasteiger partial charge on any atom is 0.224 e. The van der Waals surface area contributed by atoms with Crippen LogP contribution in [0.5, 0.6) is 0 Å². The molecule has 1 atom stereocenters. The van der Waals surface area contributed by atoms with Crippen molar-refractivity contribution in [2.75, 3.05) is 11.9 Å². The summed E-state index contributed by atoms with van der Waals surface area (Å²) >= 11 is 0. The van der Waals surface area contributed by atoms with Crippen LogP contribution in [0.15, 0.2) is 18.5 Å². The number of hydrogen-bond donors (Lipinski definition) is 2. The minimum Gasteiger partial charge on any atom is -0.330 e. The first-order valence-corrected chi connectivity index (χ1v) is 4.73. The number of carbonyl (C=O) groups excluding carboxylic acids is 1. The van der Waals surface area contributed by atoms with Gasteiger partial charge in [-0.05, 0) is 18.5 Å². The van der Waals surface area contributed by atoms with E-state index in [2.05, 4.69) is 10.3 Å². The normalized spacial score (nSPS) is 12.2. The number of halogens is 1. The van der Waals surface area contributed by atoms with Crippen molar-refractivity contribution >= 4 is 11.6 Å². The Bertz CT molecular complexity index is 343. The molecule has 4 nitrogen and oxygen atoms in total. The molecule has 1 amide bonds. The fourth-order valence-corrected chi connectivity index (χ4v) is 1.08. The number of rotatable bonds is 4. The van der Waals surface area contributed by atoms with Gasteiger partial charge in [0.25, 0.3) is 0 Å². The first kappa shape index (κ1) is 11.6. The molecule has 82 valence electrons. The summed E-state index contributed by atoms with van der Waals surface area (Å²) in [6, 6.07) is 1.42. The predicted octanol–water partition coefficient (Wildman–Crippen LogP) is 1.14. The number of amides is 1. The third kappa shape index (κ3) is 3.63. The number of nitrogens with one attached hydrogen (secondary N) is 1. The van der Waals surface area contributed by atoms with Gasteiger partial charge in [0.15, 0.2) is 5.82 Å². The molecule has 0 aliphatic heterocycles. The lowest BCUT2D eigenvalue weighted by Gasteiger charge is -2.09. The zero-order valence-corrected chi connectivity index (χ0v) is 8.53. The fraction of sp³-hybridized carbons (Fsp3) is 0.400. The van der Waals surface area contributed by atoms with E-state index in [9.17, 15) is 9.18 Å². The van der Waals surface area contributed by atoms with Crippen molar-refractivity contribution in [2.24, 2.45) is 11.7 Å². The van der Waals surface area contributed by atoms with E-state index in [0.717, 1.165) is 6.20 Å². The van der Waals surface area contributed by atoms with Gasteiger partial charge in [0, 0.05) is 12.6 Å². The molecule has 15 heavy (non-hydrogen) atoms.